The highest BCUT2D eigenvalue weighted by molar-refractivity contribution is 5.43. The minimum absolute atomic E-state index is 0.0667. The average Bonchev–Trinajstić information content (AvgIpc) is 2.38. The van der Waals surface area contributed by atoms with Crippen LogP contribution in [0.25, 0.3) is 0 Å². The van der Waals surface area contributed by atoms with Gasteiger partial charge in [-0.25, -0.2) is 4.98 Å². The summed E-state index contributed by atoms with van der Waals surface area (Å²) in [7, 11) is 2.11. The van der Waals surface area contributed by atoms with E-state index in [1.165, 1.54) is 18.3 Å². The molecule has 0 spiro atoms. The van der Waals surface area contributed by atoms with Gasteiger partial charge >= 0.3 is 0 Å². The van der Waals surface area contributed by atoms with Crippen molar-refractivity contribution in [3.8, 4) is 0 Å². The Hall–Kier alpha value is -1.69. The van der Waals surface area contributed by atoms with Crippen LogP contribution in [0.1, 0.15) is 26.7 Å². The molecule has 0 atom stereocenters. The van der Waals surface area contributed by atoms with Crippen LogP contribution in [0.15, 0.2) is 18.3 Å². The Morgan fingerprint density at radius 2 is 2.21 bits per heavy atom. The van der Waals surface area contributed by atoms with Crippen LogP contribution in [0.4, 0.5) is 11.5 Å². The van der Waals surface area contributed by atoms with Gasteiger partial charge in [0.1, 0.15) is 5.82 Å². The Bertz CT molecular complexity index is 409. The van der Waals surface area contributed by atoms with Crippen LogP contribution >= 0.6 is 0 Å². The monoisotopic (exact) mass is 266 g/mol. The van der Waals surface area contributed by atoms with E-state index >= 15 is 0 Å². The molecule has 0 saturated carbocycles. The number of unbranched alkanes of at least 4 members (excludes halogenated alkanes) is 1. The molecule has 19 heavy (non-hydrogen) atoms. The maximum Gasteiger partial charge on any atom is 0.274 e. The fraction of sp³-hybridized carbons (Fsp3) is 0.615. The van der Waals surface area contributed by atoms with Gasteiger partial charge in [-0.3, -0.25) is 10.1 Å². The summed E-state index contributed by atoms with van der Waals surface area (Å²) in [6, 6.07) is 3.41. The first-order valence-electron chi connectivity index (χ1n) is 6.55. The second-order valence-corrected chi connectivity index (χ2v) is 4.86. The zero-order valence-electron chi connectivity index (χ0n) is 11.8. The van der Waals surface area contributed by atoms with Crippen molar-refractivity contribution in [3.05, 3.63) is 28.4 Å². The summed E-state index contributed by atoms with van der Waals surface area (Å²) >= 11 is 0. The number of anilines is 1. The van der Waals surface area contributed by atoms with E-state index in [2.05, 4.69) is 36.1 Å². The van der Waals surface area contributed by atoms with Crippen molar-refractivity contribution in [2.75, 3.05) is 25.5 Å². The molecule has 0 aromatic carbocycles. The molecule has 0 saturated heterocycles. The first-order chi connectivity index (χ1) is 9.00. The first-order valence-corrected chi connectivity index (χ1v) is 6.55. The molecule has 0 unspecified atom stereocenters. The standard InChI is InChI=1S/C13H22N4O2/c1-11(2)16(3)9-5-4-7-14-13-10-12(17(18)19)6-8-15-13/h6,8,10-11H,4-5,7,9H2,1-3H3,(H,14,15). The van der Waals surface area contributed by atoms with E-state index in [1.54, 1.807) is 0 Å². The lowest BCUT2D eigenvalue weighted by Gasteiger charge is -2.20. The van der Waals surface area contributed by atoms with Crippen molar-refractivity contribution >= 4 is 11.5 Å². The predicted octanol–water partition coefficient (Wildman–Crippen LogP) is 2.52. The molecule has 0 fully saturated rings. The minimum Gasteiger partial charge on any atom is -0.370 e. The molecule has 0 aliphatic carbocycles. The molecule has 0 aliphatic rings. The van der Waals surface area contributed by atoms with E-state index in [0.29, 0.717) is 11.9 Å². The van der Waals surface area contributed by atoms with Crippen molar-refractivity contribution < 1.29 is 4.92 Å². The van der Waals surface area contributed by atoms with Crippen molar-refractivity contribution in [1.29, 1.82) is 0 Å². The largest absolute Gasteiger partial charge is 0.370 e. The van der Waals surface area contributed by atoms with Gasteiger partial charge in [0, 0.05) is 24.8 Å². The molecule has 0 amide bonds. The molecule has 106 valence electrons. The lowest BCUT2D eigenvalue weighted by Crippen LogP contribution is -2.27. The zero-order chi connectivity index (χ0) is 14.3. The minimum atomic E-state index is -0.412. The summed E-state index contributed by atoms with van der Waals surface area (Å²) in [4.78, 5) is 16.6. The van der Waals surface area contributed by atoms with Gasteiger partial charge in [-0.15, -0.1) is 0 Å². The van der Waals surface area contributed by atoms with Gasteiger partial charge in [0.25, 0.3) is 5.69 Å². The van der Waals surface area contributed by atoms with Crippen molar-refractivity contribution in [3.63, 3.8) is 0 Å². The van der Waals surface area contributed by atoms with E-state index in [-0.39, 0.29) is 5.69 Å². The van der Waals surface area contributed by atoms with Gasteiger partial charge in [0.15, 0.2) is 0 Å². The van der Waals surface area contributed by atoms with Crippen molar-refractivity contribution in [2.45, 2.75) is 32.7 Å². The van der Waals surface area contributed by atoms with E-state index in [0.717, 1.165) is 25.9 Å². The summed E-state index contributed by atoms with van der Waals surface area (Å²) in [6.45, 7) is 6.18. The SMILES string of the molecule is CC(C)N(C)CCCCNc1cc([N+](=O)[O-])ccn1. The molecular weight excluding hydrogens is 244 g/mol. The number of hydrogen-bond acceptors (Lipinski definition) is 5. The van der Waals surface area contributed by atoms with Crippen LogP contribution in [-0.4, -0.2) is 41.0 Å². The molecule has 1 N–H and O–H groups in total. The highest BCUT2D eigenvalue weighted by Gasteiger charge is 2.06. The van der Waals surface area contributed by atoms with E-state index in [4.69, 9.17) is 0 Å². The molecule has 1 heterocycles. The summed E-state index contributed by atoms with van der Waals surface area (Å²) < 4.78 is 0. The number of nitrogens with one attached hydrogen (secondary N) is 1. The molecule has 1 aromatic heterocycles. The third-order valence-corrected chi connectivity index (χ3v) is 3.08. The molecule has 0 bridgehead atoms. The van der Waals surface area contributed by atoms with Crippen LogP contribution < -0.4 is 5.32 Å². The topological polar surface area (TPSA) is 71.3 Å². The number of nitro groups is 1. The van der Waals surface area contributed by atoms with Crippen LogP contribution in [0.2, 0.25) is 0 Å². The fourth-order valence-electron chi connectivity index (χ4n) is 1.59. The summed E-state index contributed by atoms with van der Waals surface area (Å²) in [6.07, 6.45) is 3.56. The van der Waals surface area contributed by atoms with Gasteiger partial charge in [-0.2, -0.15) is 0 Å². The maximum absolute atomic E-state index is 10.6. The Morgan fingerprint density at radius 1 is 1.47 bits per heavy atom. The Balaban J connectivity index is 2.26. The molecule has 6 heteroatoms. The Morgan fingerprint density at radius 3 is 2.84 bits per heavy atom. The highest BCUT2D eigenvalue weighted by Crippen LogP contribution is 2.14. The normalized spacial score (nSPS) is 11.0. The lowest BCUT2D eigenvalue weighted by atomic mass is 10.2. The molecule has 0 aliphatic heterocycles. The summed E-state index contributed by atoms with van der Waals surface area (Å²) in [5.41, 5.74) is 0.0667. The van der Waals surface area contributed by atoms with E-state index in [1.807, 2.05) is 0 Å². The van der Waals surface area contributed by atoms with Crippen molar-refractivity contribution in [2.24, 2.45) is 0 Å². The quantitative estimate of drug-likeness (QED) is 0.445. The van der Waals surface area contributed by atoms with Gasteiger partial charge < -0.3 is 10.2 Å². The molecular formula is C13H22N4O2. The smallest absolute Gasteiger partial charge is 0.274 e. The van der Waals surface area contributed by atoms with Crippen LogP contribution in [0.5, 0.6) is 0 Å². The molecule has 1 rings (SSSR count). The van der Waals surface area contributed by atoms with Gasteiger partial charge in [0.05, 0.1) is 11.0 Å². The van der Waals surface area contributed by atoms with Crippen LogP contribution in [0, 0.1) is 10.1 Å². The lowest BCUT2D eigenvalue weighted by molar-refractivity contribution is -0.384. The Kier molecular flexibility index (Phi) is 6.21. The van der Waals surface area contributed by atoms with Crippen LogP contribution in [-0.2, 0) is 0 Å². The first kappa shape index (κ1) is 15.4. The van der Waals surface area contributed by atoms with E-state index in [9.17, 15) is 10.1 Å². The number of hydrogen-bond donors (Lipinski definition) is 1. The molecule has 6 nitrogen and oxygen atoms in total. The second-order valence-electron chi connectivity index (χ2n) is 4.86. The number of aromatic nitrogens is 1. The highest BCUT2D eigenvalue weighted by atomic mass is 16.6. The van der Waals surface area contributed by atoms with Crippen LogP contribution in [0.3, 0.4) is 0 Å². The average molecular weight is 266 g/mol. The Labute approximate surface area is 114 Å². The fourth-order valence-corrected chi connectivity index (χ4v) is 1.59. The van der Waals surface area contributed by atoms with E-state index < -0.39 is 4.92 Å². The third-order valence-electron chi connectivity index (χ3n) is 3.08. The van der Waals surface area contributed by atoms with Gasteiger partial charge in [-0.1, -0.05) is 0 Å². The number of nitrogens with zero attached hydrogens (tertiary/aromatic N) is 3. The van der Waals surface area contributed by atoms with Gasteiger partial charge in [-0.05, 0) is 40.3 Å². The summed E-state index contributed by atoms with van der Waals surface area (Å²) in [5, 5.41) is 13.7. The van der Waals surface area contributed by atoms with Crippen molar-refractivity contribution in [1.82, 2.24) is 9.88 Å². The third kappa shape index (κ3) is 5.65. The van der Waals surface area contributed by atoms with Gasteiger partial charge in [0.2, 0.25) is 0 Å². The predicted molar refractivity (Wildman–Crippen MR) is 76.4 cm³/mol. The number of pyridine rings is 1. The zero-order valence-corrected chi connectivity index (χ0v) is 11.8. The number of rotatable bonds is 8. The summed E-state index contributed by atoms with van der Waals surface area (Å²) in [5.74, 6) is 0.561. The molecule has 1 aromatic rings. The maximum atomic E-state index is 10.6. The molecule has 0 radical (unpaired) electrons. The second kappa shape index (κ2) is 7.68.